The Morgan fingerprint density at radius 3 is 1.40 bits per heavy atom. The van der Waals surface area contributed by atoms with Gasteiger partial charge in [-0.05, 0) is 0 Å². The number of ketones is 1. The van der Waals surface area contributed by atoms with E-state index in [0.29, 0.717) is 0 Å². The molecule has 0 atom stereocenters. The van der Waals surface area contributed by atoms with Crippen LogP contribution in [0.3, 0.4) is 0 Å². The highest BCUT2D eigenvalue weighted by Crippen LogP contribution is 2.32. The maximum absolute atomic E-state index is 11.5. The topological polar surface area (TPSA) is 17.1 Å². The van der Waals surface area contributed by atoms with Crippen LogP contribution in [-0.2, 0) is 4.79 Å². The zero-order chi connectivity index (χ0) is 8.58. The summed E-state index contributed by atoms with van der Waals surface area (Å²) in [6.07, 6.45) is -5.45. The SMILES string of the molecule is O=C(C(F)(F)F)C(F)(F)I. The summed E-state index contributed by atoms with van der Waals surface area (Å²) in [7, 11) is 0. The molecule has 0 radical (unpaired) electrons. The van der Waals surface area contributed by atoms with Gasteiger partial charge in [-0.15, -0.1) is 0 Å². The second kappa shape index (κ2) is 2.59. The molecule has 0 aromatic rings. The Hall–Kier alpha value is 0.0500. The van der Waals surface area contributed by atoms with E-state index < -0.39 is 15.9 Å². The summed E-state index contributed by atoms with van der Waals surface area (Å²) >= 11 is 0.125. The standard InChI is InChI=1S/C3F5IO/c4-2(5,6)1(10)3(7,8)9. The Bertz CT molecular complexity index is 128. The van der Waals surface area contributed by atoms with E-state index in [0.717, 1.165) is 0 Å². The van der Waals surface area contributed by atoms with Gasteiger partial charge in [0, 0.05) is 22.6 Å². The van der Waals surface area contributed by atoms with Crippen molar-refractivity contribution in [3.63, 3.8) is 0 Å². The van der Waals surface area contributed by atoms with Crippen LogP contribution in [0.4, 0.5) is 22.0 Å². The van der Waals surface area contributed by atoms with Crippen molar-refractivity contribution in [1.29, 1.82) is 0 Å². The predicted molar refractivity (Wildman–Crippen MR) is 30.0 cm³/mol. The first-order valence-corrected chi connectivity index (χ1v) is 2.92. The molecule has 0 heterocycles. The minimum Gasteiger partial charge on any atom is -0.282 e. The first-order valence-electron chi connectivity index (χ1n) is 1.84. The Labute approximate surface area is 65.7 Å². The van der Waals surface area contributed by atoms with Crippen LogP contribution in [-0.4, -0.2) is 15.9 Å². The highest BCUT2D eigenvalue weighted by atomic mass is 127. The minimum atomic E-state index is -5.45. The largest absolute Gasteiger partial charge is 0.457 e. The van der Waals surface area contributed by atoms with Gasteiger partial charge in [0.05, 0.1) is 0 Å². The van der Waals surface area contributed by atoms with E-state index in [9.17, 15) is 26.7 Å². The van der Waals surface area contributed by atoms with Gasteiger partial charge in [0.2, 0.25) is 0 Å². The smallest absolute Gasteiger partial charge is 0.282 e. The molecule has 0 saturated carbocycles. The molecule has 0 rings (SSSR count). The Morgan fingerprint density at radius 2 is 1.40 bits per heavy atom. The fraction of sp³-hybridized carbons (Fsp3) is 0.667. The molecule has 10 heavy (non-hydrogen) atoms. The average Bonchev–Trinajstić information content (AvgIpc) is 1.59. The van der Waals surface area contributed by atoms with Gasteiger partial charge in [0.25, 0.3) is 0 Å². The van der Waals surface area contributed by atoms with Crippen LogP contribution in [0.1, 0.15) is 0 Å². The summed E-state index contributed by atoms with van der Waals surface area (Å²) in [6, 6.07) is 0. The number of carbonyl (C=O) groups excluding carboxylic acids is 1. The van der Waals surface area contributed by atoms with E-state index >= 15 is 0 Å². The van der Waals surface area contributed by atoms with E-state index in [-0.39, 0.29) is 22.6 Å². The van der Waals surface area contributed by atoms with Gasteiger partial charge in [-0.25, -0.2) is 0 Å². The van der Waals surface area contributed by atoms with Gasteiger partial charge in [-0.1, -0.05) is 0 Å². The number of rotatable bonds is 1. The number of halogens is 6. The van der Waals surface area contributed by atoms with Gasteiger partial charge in [0.15, 0.2) is 0 Å². The van der Waals surface area contributed by atoms with E-state index in [1.165, 1.54) is 0 Å². The van der Waals surface area contributed by atoms with Crippen LogP contribution in [0, 0.1) is 0 Å². The van der Waals surface area contributed by atoms with Crippen LogP contribution in [0.5, 0.6) is 0 Å². The lowest BCUT2D eigenvalue weighted by atomic mass is 10.4. The molecule has 0 unspecified atom stereocenters. The predicted octanol–water partition coefficient (Wildman–Crippen LogP) is 2.15. The Kier molecular flexibility index (Phi) is 2.60. The fourth-order valence-electron chi connectivity index (χ4n) is 0.161. The summed E-state index contributed by atoms with van der Waals surface area (Å²) < 4.78 is 52.0. The van der Waals surface area contributed by atoms with E-state index in [4.69, 9.17) is 0 Å². The first-order chi connectivity index (χ1) is 4.15. The van der Waals surface area contributed by atoms with Crippen LogP contribution in [0.15, 0.2) is 0 Å². The molecule has 7 heteroatoms. The molecular formula is C3F5IO. The van der Waals surface area contributed by atoms with Crippen molar-refractivity contribution in [2.75, 3.05) is 0 Å². The average molecular weight is 274 g/mol. The minimum absolute atomic E-state index is 0.125. The Morgan fingerprint density at radius 1 is 1.10 bits per heavy atom. The van der Waals surface area contributed by atoms with Gasteiger partial charge in [-0.2, -0.15) is 22.0 Å². The summed E-state index contributed by atoms with van der Waals surface area (Å²) in [5.41, 5.74) is 0. The molecule has 0 N–H and O–H groups in total. The second-order valence-electron chi connectivity index (χ2n) is 1.32. The molecule has 0 aromatic heterocycles. The van der Waals surface area contributed by atoms with Crippen molar-refractivity contribution in [2.24, 2.45) is 0 Å². The summed E-state index contributed by atoms with van der Waals surface area (Å²) in [6.45, 7) is 0. The van der Waals surface area contributed by atoms with E-state index in [2.05, 4.69) is 0 Å². The van der Waals surface area contributed by atoms with Crippen LogP contribution >= 0.6 is 22.6 Å². The molecule has 0 aromatic carbocycles. The van der Waals surface area contributed by atoms with E-state index in [1.807, 2.05) is 0 Å². The summed E-state index contributed by atoms with van der Waals surface area (Å²) in [5, 5.41) is 0. The number of carbonyl (C=O) groups is 1. The maximum Gasteiger partial charge on any atom is 0.457 e. The van der Waals surface area contributed by atoms with Crippen molar-refractivity contribution in [2.45, 2.75) is 10.1 Å². The van der Waals surface area contributed by atoms with Crippen molar-refractivity contribution < 1.29 is 26.7 Å². The molecule has 0 spiro atoms. The maximum atomic E-state index is 11.5. The molecule has 0 aliphatic heterocycles. The first kappa shape index (κ1) is 10.0. The second-order valence-corrected chi connectivity index (χ2v) is 2.68. The third-order valence-electron chi connectivity index (χ3n) is 0.515. The number of hydrogen-bond donors (Lipinski definition) is 0. The lowest BCUT2D eigenvalue weighted by Gasteiger charge is -2.08. The number of alkyl halides is 6. The van der Waals surface area contributed by atoms with Crippen LogP contribution in [0.2, 0.25) is 0 Å². The third kappa shape index (κ3) is 2.76. The highest BCUT2D eigenvalue weighted by Gasteiger charge is 2.53. The van der Waals surface area contributed by atoms with Crippen molar-refractivity contribution in [3.8, 4) is 0 Å². The summed E-state index contributed by atoms with van der Waals surface area (Å²) in [5.74, 6) is -3.03. The van der Waals surface area contributed by atoms with Crippen LogP contribution in [0.25, 0.3) is 0 Å². The normalized spacial score (nSPS) is 13.4. The lowest BCUT2D eigenvalue weighted by Crippen LogP contribution is -2.35. The van der Waals surface area contributed by atoms with Gasteiger partial charge in [-0.3, -0.25) is 4.79 Å². The Balaban J connectivity index is 4.40. The number of Topliss-reactive ketones (excluding diaryl/α,β-unsaturated/α-hetero) is 1. The molecule has 0 aliphatic rings. The quantitative estimate of drug-likeness (QED) is 0.407. The molecule has 1 nitrogen and oxygen atoms in total. The van der Waals surface area contributed by atoms with Crippen LogP contribution < -0.4 is 0 Å². The van der Waals surface area contributed by atoms with Crippen molar-refractivity contribution >= 4 is 28.4 Å². The summed E-state index contributed by atoms with van der Waals surface area (Å²) in [4.78, 5) is 9.60. The molecule has 0 bridgehead atoms. The van der Waals surface area contributed by atoms with Gasteiger partial charge < -0.3 is 0 Å². The number of hydrogen-bond acceptors (Lipinski definition) is 1. The molecule has 0 amide bonds. The zero-order valence-electron chi connectivity index (χ0n) is 4.18. The third-order valence-corrected chi connectivity index (χ3v) is 1.00. The molecule has 0 aliphatic carbocycles. The zero-order valence-corrected chi connectivity index (χ0v) is 6.33. The fourth-order valence-corrected chi connectivity index (χ4v) is 0.467. The monoisotopic (exact) mass is 274 g/mol. The van der Waals surface area contributed by atoms with E-state index in [1.54, 1.807) is 0 Å². The molecule has 60 valence electrons. The molecule has 0 fully saturated rings. The van der Waals surface area contributed by atoms with Crippen molar-refractivity contribution in [3.05, 3.63) is 0 Å². The van der Waals surface area contributed by atoms with Crippen molar-refractivity contribution in [1.82, 2.24) is 0 Å². The van der Waals surface area contributed by atoms with Gasteiger partial charge >= 0.3 is 15.9 Å². The van der Waals surface area contributed by atoms with Gasteiger partial charge in [0.1, 0.15) is 0 Å². The lowest BCUT2D eigenvalue weighted by molar-refractivity contribution is -0.183. The highest BCUT2D eigenvalue weighted by molar-refractivity contribution is 14.1. The molecule has 0 saturated heterocycles. The molecular weight excluding hydrogens is 274 g/mol.